The number of esters is 1. The second-order valence-electron chi connectivity index (χ2n) is 19.6. The zero-order valence-corrected chi connectivity index (χ0v) is 41.6. The summed E-state index contributed by atoms with van der Waals surface area (Å²) in [6, 6.07) is 16.6. The first-order chi connectivity index (χ1) is 33.3. The maximum atomic E-state index is 14.7. The first kappa shape index (κ1) is 51.1. The molecule has 3 amide bonds. The van der Waals surface area contributed by atoms with Crippen LogP contribution in [-0.4, -0.2) is 145 Å². The zero-order valence-electron chi connectivity index (χ0n) is 41.6. The Morgan fingerprint density at radius 1 is 1.06 bits per heavy atom. The number of carbonyl (C=O) groups is 4. The minimum absolute atomic E-state index is 0.0703. The van der Waals surface area contributed by atoms with Crippen LogP contribution in [0.5, 0.6) is 0 Å². The highest BCUT2D eigenvalue weighted by Gasteiger charge is 2.37. The van der Waals surface area contributed by atoms with E-state index in [0.29, 0.717) is 45.5 Å². The number of pyridine rings is 1. The molecule has 16 nitrogen and oxygen atoms in total. The molecule has 69 heavy (non-hydrogen) atoms. The Bertz CT molecular complexity index is 2510. The van der Waals surface area contributed by atoms with Crippen molar-refractivity contribution in [1.29, 1.82) is 0 Å². The molecule has 6 bridgehead atoms. The van der Waals surface area contributed by atoms with Crippen molar-refractivity contribution in [3.05, 3.63) is 77.6 Å². The predicted molar refractivity (Wildman–Crippen MR) is 266 cm³/mol. The summed E-state index contributed by atoms with van der Waals surface area (Å²) in [6.07, 6.45) is 6.46. The van der Waals surface area contributed by atoms with Crippen LogP contribution in [0.15, 0.2) is 70.9 Å². The van der Waals surface area contributed by atoms with E-state index < -0.39 is 35.4 Å². The number of methoxy groups -OCH3 is 1. The molecule has 3 aliphatic rings. The van der Waals surface area contributed by atoms with Gasteiger partial charge < -0.3 is 29.0 Å². The molecule has 3 aliphatic heterocycles. The van der Waals surface area contributed by atoms with Gasteiger partial charge in [-0.1, -0.05) is 58.0 Å². The minimum atomic E-state index is -1.03. The Kier molecular flexibility index (Phi) is 17.5. The third-order valence-corrected chi connectivity index (χ3v) is 13.4. The number of ether oxygens (including phenoxy) is 3. The Labute approximate surface area is 406 Å². The van der Waals surface area contributed by atoms with Crippen molar-refractivity contribution in [2.75, 3.05) is 73.2 Å². The number of amides is 3. The number of nitrogens with one attached hydrogen (secondary N) is 2. The van der Waals surface area contributed by atoms with Gasteiger partial charge in [-0.15, -0.1) is 0 Å². The Morgan fingerprint density at radius 3 is 2.61 bits per heavy atom. The van der Waals surface area contributed by atoms with Gasteiger partial charge in [-0.3, -0.25) is 34.1 Å². The maximum absolute atomic E-state index is 14.7. The summed E-state index contributed by atoms with van der Waals surface area (Å²) in [4.78, 5) is 73.5. The van der Waals surface area contributed by atoms with Crippen molar-refractivity contribution < 1.29 is 33.4 Å². The highest BCUT2D eigenvalue weighted by Crippen LogP contribution is 2.41. The summed E-state index contributed by atoms with van der Waals surface area (Å²) in [7, 11) is 3.31. The quantitative estimate of drug-likeness (QED) is 0.0824. The van der Waals surface area contributed by atoms with E-state index in [1.54, 1.807) is 20.4 Å². The van der Waals surface area contributed by atoms with Crippen LogP contribution in [0.25, 0.3) is 33.3 Å². The predicted octanol–water partition coefficient (Wildman–Crippen LogP) is 5.95. The third-order valence-electron chi connectivity index (χ3n) is 13.4. The molecule has 0 radical (unpaired) electrons. The first-order valence-corrected chi connectivity index (χ1v) is 24.6. The van der Waals surface area contributed by atoms with Crippen molar-refractivity contribution in [3.8, 4) is 22.4 Å². The molecule has 370 valence electrons. The Morgan fingerprint density at radius 2 is 1.84 bits per heavy atom. The van der Waals surface area contributed by atoms with Gasteiger partial charge in [0.25, 0.3) is 5.91 Å². The summed E-state index contributed by atoms with van der Waals surface area (Å²) in [6.45, 7) is 16.8. The minimum Gasteiger partial charge on any atom is -0.464 e. The largest absolute Gasteiger partial charge is 0.464 e. The number of carbonyl (C=O) groups excluding carboxylic acids is 4. The molecule has 0 spiro atoms. The van der Waals surface area contributed by atoms with Crippen LogP contribution in [0.3, 0.4) is 0 Å². The first-order valence-electron chi connectivity index (χ1n) is 24.6. The Balaban J connectivity index is 1.17. The number of hydrogen-bond acceptors (Lipinski definition) is 12. The van der Waals surface area contributed by atoms with E-state index in [1.807, 2.05) is 38.2 Å². The number of aryl methyl sites for hydroxylation is 1. The van der Waals surface area contributed by atoms with Crippen molar-refractivity contribution in [2.45, 2.75) is 104 Å². The fraction of sp³-hybridized carbons (Fsp3) is 0.547. The summed E-state index contributed by atoms with van der Waals surface area (Å²) in [5.41, 5.74) is 10.7. The molecule has 16 heteroatoms. The second kappa shape index (κ2) is 23.7. The van der Waals surface area contributed by atoms with Crippen LogP contribution in [0.4, 0.5) is 0 Å². The van der Waals surface area contributed by atoms with Crippen LogP contribution in [-0.2, 0) is 59.4 Å². The Hall–Kier alpha value is -5.77. The number of morpholine rings is 1. The smallest absolute Gasteiger partial charge is 0.324 e. The number of aromatic nitrogens is 2. The monoisotopic (exact) mass is 946 g/mol. The number of hydrogen-bond donors (Lipinski definition) is 2. The molecule has 3 atom stereocenters. The van der Waals surface area contributed by atoms with E-state index in [-0.39, 0.29) is 43.7 Å². The lowest BCUT2D eigenvalue weighted by atomic mass is 9.84. The van der Waals surface area contributed by atoms with Crippen molar-refractivity contribution in [1.82, 2.24) is 35.1 Å². The molecule has 4 aromatic rings. The molecule has 2 aromatic heterocycles. The van der Waals surface area contributed by atoms with Crippen LogP contribution in [0.1, 0.15) is 77.0 Å². The van der Waals surface area contributed by atoms with Crippen LogP contribution in [0, 0.1) is 11.3 Å². The van der Waals surface area contributed by atoms with Crippen LogP contribution in [0.2, 0.25) is 0 Å². The summed E-state index contributed by atoms with van der Waals surface area (Å²) >= 11 is 0. The van der Waals surface area contributed by atoms with Crippen molar-refractivity contribution >= 4 is 40.6 Å². The van der Waals surface area contributed by atoms with E-state index in [1.165, 1.54) is 9.91 Å². The van der Waals surface area contributed by atoms with E-state index in [4.69, 9.17) is 14.2 Å². The standard InChI is InChI=1S/C53H71N9O7/c1-8-61-46-16-15-39-30-41(46)42(49(61)43-32-54-20-17-40(43)33-67-7)31-53(4,5)34-69-52(66)44-14-10-23-62(58-44)51(65)45(29-37-12-9-13-38(39)28-37)57-50(64)48(36(2)3)59(6)47(63)18-21-56-35-55-19-11-22-60-24-26-68-27-25-60/h9,12-13,15-17,20,28,30,32,36,44-45,48,58H,8,10-11,14,18-19,21-27,29,31,33-34H2,1-7H3,(H,57,64)/t44-,45-,48?/m0/s1. The zero-order chi connectivity index (χ0) is 49.1. The van der Waals surface area contributed by atoms with Crippen molar-refractivity contribution in [2.24, 2.45) is 21.3 Å². The number of aliphatic imine (C=N–C) groups is 2. The molecular weight excluding hydrogens is 875 g/mol. The van der Waals surface area contributed by atoms with Gasteiger partial charge in [-0.2, -0.15) is 0 Å². The van der Waals surface area contributed by atoms with Gasteiger partial charge in [0, 0.05) is 94.0 Å². The lowest BCUT2D eigenvalue weighted by Crippen LogP contribution is -2.62. The molecule has 0 aliphatic carbocycles. The second-order valence-corrected chi connectivity index (χ2v) is 19.6. The topological polar surface area (TPSA) is 172 Å². The molecule has 0 saturated carbocycles. The normalized spacial score (nSPS) is 19.3. The van der Waals surface area contributed by atoms with Gasteiger partial charge in [0.15, 0.2) is 0 Å². The number of benzene rings is 2. The highest BCUT2D eigenvalue weighted by atomic mass is 16.5. The molecule has 2 saturated heterocycles. The van der Waals surface area contributed by atoms with Gasteiger partial charge in [0.1, 0.15) is 18.1 Å². The van der Waals surface area contributed by atoms with Gasteiger partial charge in [0.05, 0.1) is 51.2 Å². The number of likely N-dealkylation sites (N-methyl/N-ethyl adjacent to an activating group) is 1. The molecule has 5 heterocycles. The van der Waals surface area contributed by atoms with Gasteiger partial charge in [0.2, 0.25) is 11.8 Å². The molecule has 2 fully saturated rings. The van der Waals surface area contributed by atoms with Gasteiger partial charge in [-0.05, 0) is 84.5 Å². The number of fused-ring (bicyclic) bond motifs is 6. The summed E-state index contributed by atoms with van der Waals surface area (Å²) < 4.78 is 19.5. The lowest BCUT2D eigenvalue weighted by Gasteiger charge is -2.36. The molecule has 2 aromatic carbocycles. The molecular formula is C53H71N9O7. The van der Waals surface area contributed by atoms with E-state index in [2.05, 4.69) is 92.3 Å². The fourth-order valence-electron chi connectivity index (χ4n) is 9.86. The number of hydrazine groups is 1. The number of nitrogens with zero attached hydrogens (tertiary/aromatic N) is 7. The number of rotatable bonds is 15. The molecule has 2 N–H and O–H groups in total. The fourth-order valence-corrected chi connectivity index (χ4v) is 9.86. The van der Waals surface area contributed by atoms with E-state index >= 15 is 0 Å². The van der Waals surface area contributed by atoms with Gasteiger partial charge in [-0.25, -0.2) is 15.4 Å². The SMILES string of the molecule is CCn1c(-c2cnccc2COC)c2c3cc(ccc31)-c1cccc(c1)C[C@H](NC(=O)C(C(C)C)N(C)C(=O)CCN=C=NCCCN1CCOCC1)C(=O)N1CCC[C@H](N1)C(=O)OCC(C)(C)C2. The van der Waals surface area contributed by atoms with E-state index in [9.17, 15) is 19.2 Å². The van der Waals surface area contributed by atoms with E-state index in [0.717, 1.165) is 89.2 Å². The molecule has 7 rings (SSSR count). The van der Waals surface area contributed by atoms with Gasteiger partial charge >= 0.3 is 5.97 Å². The average molecular weight is 946 g/mol. The maximum Gasteiger partial charge on any atom is 0.324 e. The van der Waals surface area contributed by atoms with Crippen LogP contribution >= 0.6 is 0 Å². The van der Waals surface area contributed by atoms with Crippen molar-refractivity contribution in [3.63, 3.8) is 0 Å². The summed E-state index contributed by atoms with van der Waals surface area (Å²) in [5, 5.41) is 5.60. The van der Waals surface area contributed by atoms with Crippen LogP contribution < -0.4 is 10.7 Å². The third kappa shape index (κ3) is 12.7. The summed E-state index contributed by atoms with van der Waals surface area (Å²) in [5.74, 6) is -1.81. The highest BCUT2D eigenvalue weighted by molar-refractivity contribution is 5.96. The number of cyclic esters (lactones) is 1. The lowest BCUT2D eigenvalue weighted by molar-refractivity contribution is -0.155. The molecule has 1 unspecified atom stereocenters. The average Bonchev–Trinajstić information content (AvgIpc) is 3.65.